The molecule has 0 aliphatic carbocycles. The van der Waals surface area contributed by atoms with E-state index in [9.17, 15) is 0 Å². The molecule has 0 radical (unpaired) electrons. The van der Waals surface area contributed by atoms with Gasteiger partial charge >= 0.3 is 0 Å². The smallest absolute Gasteiger partial charge is 0.0455 e. The van der Waals surface area contributed by atoms with E-state index in [1.807, 2.05) is 0 Å². The van der Waals surface area contributed by atoms with Crippen LogP contribution in [0.1, 0.15) is 62.4 Å². The molecule has 0 unspecified atom stereocenters. The first-order chi connectivity index (χ1) is 10.2. The zero-order chi connectivity index (χ0) is 15.1. The van der Waals surface area contributed by atoms with E-state index < -0.39 is 0 Å². The van der Waals surface area contributed by atoms with Gasteiger partial charge in [-0.2, -0.15) is 0 Å². The van der Waals surface area contributed by atoms with E-state index in [-0.39, 0.29) is 0 Å². The van der Waals surface area contributed by atoms with Gasteiger partial charge in [0.2, 0.25) is 0 Å². The first-order valence-corrected chi connectivity index (χ1v) is 8.46. The molecule has 1 nitrogen and oxygen atoms in total. The summed E-state index contributed by atoms with van der Waals surface area (Å²) in [4.78, 5) is 0. The highest BCUT2D eigenvalue weighted by atomic mass is 15.0. The van der Waals surface area contributed by atoms with Gasteiger partial charge in [-0.3, -0.25) is 0 Å². The van der Waals surface area contributed by atoms with Gasteiger partial charge in [0.05, 0.1) is 0 Å². The maximum atomic E-state index is 2.31. The molecule has 1 aromatic carbocycles. The van der Waals surface area contributed by atoms with Gasteiger partial charge in [0.15, 0.2) is 0 Å². The van der Waals surface area contributed by atoms with Crippen LogP contribution >= 0.6 is 0 Å². The first kappa shape index (κ1) is 15.9. The summed E-state index contributed by atoms with van der Waals surface area (Å²) in [5.41, 5.74) is 5.35. The molecule has 0 bridgehead atoms. The number of hydrogen-bond donors (Lipinski definition) is 0. The Kier molecular flexibility index (Phi) is 6.10. The molecule has 114 valence electrons. The fourth-order valence-corrected chi connectivity index (χ4v) is 3.00. The minimum absolute atomic E-state index is 1.22. The molecule has 0 atom stereocenters. The quantitative estimate of drug-likeness (QED) is 0.524. The number of unbranched alkanes of at least 4 members (excludes halogenated alkanes) is 5. The van der Waals surface area contributed by atoms with Crippen molar-refractivity contribution in [3.63, 3.8) is 0 Å². The lowest BCUT2D eigenvalue weighted by atomic mass is 10.0. The molecule has 0 N–H and O–H groups in total. The summed E-state index contributed by atoms with van der Waals surface area (Å²) in [7, 11) is 0. The zero-order valence-corrected chi connectivity index (χ0v) is 13.9. The number of benzene rings is 1. The third-order valence-electron chi connectivity index (χ3n) is 4.28. The van der Waals surface area contributed by atoms with E-state index in [1.54, 1.807) is 0 Å². The van der Waals surface area contributed by atoms with Crippen LogP contribution in [0.15, 0.2) is 36.4 Å². The molecule has 0 saturated carbocycles. The van der Waals surface area contributed by atoms with Gasteiger partial charge in [-0.25, -0.2) is 0 Å². The highest BCUT2D eigenvalue weighted by Crippen LogP contribution is 2.18. The van der Waals surface area contributed by atoms with Gasteiger partial charge in [0, 0.05) is 17.1 Å². The minimum Gasteiger partial charge on any atom is -0.319 e. The van der Waals surface area contributed by atoms with Gasteiger partial charge in [0.1, 0.15) is 0 Å². The number of nitrogens with zero attached hydrogens (tertiary/aromatic N) is 1. The topological polar surface area (TPSA) is 4.93 Å². The zero-order valence-electron chi connectivity index (χ0n) is 13.9. The van der Waals surface area contributed by atoms with Crippen molar-refractivity contribution in [3.05, 3.63) is 53.3 Å². The summed E-state index contributed by atoms with van der Waals surface area (Å²) in [6.45, 7) is 6.60. The second kappa shape index (κ2) is 8.07. The van der Waals surface area contributed by atoms with Crippen LogP contribution in [-0.2, 0) is 6.42 Å². The van der Waals surface area contributed by atoms with Crippen LogP contribution in [0.5, 0.6) is 0 Å². The molecule has 2 aromatic rings. The van der Waals surface area contributed by atoms with Crippen molar-refractivity contribution in [1.82, 2.24) is 4.57 Å². The van der Waals surface area contributed by atoms with Crippen molar-refractivity contribution in [2.45, 2.75) is 65.7 Å². The maximum absolute atomic E-state index is 2.31. The van der Waals surface area contributed by atoms with E-state index in [4.69, 9.17) is 0 Å². The van der Waals surface area contributed by atoms with Crippen LogP contribution in [0, 0.1) is 13.8 Å². The Bertz CT molecular complexity index is 514. The molecule has 1 heteroatoms. The average Bonchev–Trinajstić information content (AvgIpc) is 2.83. The standard InChI is InChI=1S/C20H29N/c1-4-5-6-7-8-9-10-19-13-15-20(16-14-19)21-17(2)11-12-18(21)3/h11-16H,4-10H2,1-3H3. The molecule has 0 amide bonds. The van der Waals surface area contributed by atoms with Crippen molar-refractivity contribution in [1.29, 1.82) is 0 Å². The molecule has 0 spiro atoms. The number of aryl methyl sites for hydroxylation is 3. The number of aromatic nitrogens is 1. The summed E-state index contributed by atoms with van der Waals surface area (Å²) in [6.07, 6.45) is 9.44. The Balaban J connectivity index is 1.85. The van der Waals surface area contributed by atoms with Gasteiger partial charge in [-0.1, -0.05) is 51.2 Å². The highest BCUT2D eigenvalue weighted by molar-refractivity contribution is 5.39. The highest BCUT2D eigenvalue weighted by Gasteiger charge is 2.03. The van der Waals surface area contributed by atoms with Crippen LogP contribution in [-0.4, -0.2) is 4.57 Å². The van der Waals surface area contributed by atoms with Crippen molar-refractivity contribution in [2.24, 2.45) is 0 Å². The van der Waals surface area contributed by atoms with E-state index in [1.165, 1.54) is 67.6 Å². The van der Waals surface area contributed by atoms with Gasteiger partial charge in [-0.05, 0) is 56.5 Å². The predicted molar refractivity (Wildman–Crippen MR) is 92.3 cm³/mol. The van der Waals surface area contributed by atoms with Crippen molar-refractivity contribution in [2.75, 3.05) is 0 Å². The van der Waals surface area contributed by atoms with Crippen LogP contribution in [0.25, 0.3) is 5.69 Å². The second-order valence-corrected chi connectivity index (χ2v) is 6.14. The summed E-state index contributed by atoms with van der Waals surface area (Å²) in [6, 6.07) is 13.5. The molecule has 1 aromatic heterocycles. The van der Waals surface area contributed by atoms with Crippen molar-refractivity contribution >= 4 is 0 Å². The lowest BCUT2D eigenvalue weighted by Gasteiger charge is -2.10. The molecular formula is C20H29N. The summed E-state index contributed by atoms with van der Waals surface area (Å²) >= 11 is 0. The van der Waals surface area contributed by atoms with Crippen molar-refractivity contribution in [3.8, 4) is 5.69 Å². The predicted octanol–water partition coefficient (Wildman–Crippen LogP) is 6.00. The van der Waals surface area contributed by atoms with Crippen molar-refractivity contribution < 1.29 is 0 Å². The molecule has 2 rings (SSSR count). The summed E-state index contributed by atoms with van der Waals surface area (Å²) in [5.74, 6) is 0. The molecule has 0 fully saturated rings. The largest absolute Gasteiger partial charge is 0.319 e. The fraction of sp³-hybridized carbons (Fsp3) is 0.500. The van der Waals surface area contributed by atoms with E-state index >= 15 is 0 Å². The fourth-order valence-electron chi connectivity index (χ4n) is 3.00. The second-order valence-electron chi connectivity index (χ2n) is 6.14. The molecular weight excluding hydrogens is 254 g/mol. The average molecular weight is 283 g/mol. The Hall–Kier alpha value is -1.50. The Morgan fingerprint density at radius 1 is 0.714 bits per heavy atom. The van der Waals surface area contributed by atoms with Crippen LogP contribution in [0.3, 0.4) is 0 Å². The van der Waals surface area contributed by atoms with Gasteiger partial charge in [0.25, 0.3) is 0 Å². The molecule has 21 heavy (non-hydrogen) atoms. The third kappa shape index (κ3) is 4.49. The molecule has 0 aliphatic heterocycles. The first-order valence-electron chi connectivity index (χ1n) is 8.46. The summed E-state index contributed by atoms with van der Waals surface area (Å²) < 4.78 is 2.31. The van der Waals surface area contributed by atoms with Gasteiger partial charge in [-0.15, -0.1) is 0 Å². The Labute approximate surface area is 130 Å². The van der Waals surface area contributed by atoms with Gasteiger partial charge < -0.3 is 4.57 Å². The lowest BCUT2D eigenvalue weighted by Crippen LogP contribution is -1.98. The SMILES string of the molecule is CCCCCCCCc1ccc(-n2c(C)ccc2C)cc1. The lowest BCUT2D eigenvalue weighted by molar-refractivity contribution is 0.607. The van der Waals surface area contributed by atoms with Crippen LogP contribution < -0.4 is 0 Å². The van der Waals surface area contributed by atoms with E-state index in [0.29, 0.717) is 0 Å². The van der Waals surface area contributed by atoms with E-state index in [0.717, 1.165) is 0 Å². The molecule has 0 aliphatic rings. The van der Waals surface area contributed by atoms with Crippen LogP contribution in [0.2, 0.25) is 0 Å². The minimum atomic E-state index is 1.22. The van der Waals surface area contributed by atoms with Crippen LogP contribution in [0.4, 0.5) is 0 Å². The Morgan fingerprint density at radius 2 is 1.29 bits per heavy atom. The monoisotopic (exact) mass is 283 g/mol. The van der Waals surface area contributed by atoms with E-state index in [2.05, 4.69) is 61.7 Å². The normalized spacial score (nSPS) is 11.0. The number of hydrogen-bond acceptors (Lipinski definition) is 0. The molecule has 0 saturated heterocycles. The number of rotatable bonds is 8. The maximum Gasteiger partial charge on any atom is 0.0455 e. The third-order valence-corrected chi connectivity index (χ3v) is 4.28. The Morgan fingerprint density at radius 3 is 1.90 bits per heavy atom. The summed E-state index contributed by atoms with van der Waals surface area (Å²) in [5, 5.41) is 0. The molecule has 1 heterocycles.